The Bertz CT molecular complexity index is 947. The van der Waals surface area contributed by atoms with Crippen molar-refractivity contribution in [3.05, 3.63) is 36.0 Å². The van der Waals surface area contributed by atoms with Crippen LogP contribution in [0.25, 0.3) is 5.69 Å². The molecular weight excluding hydrogens is 444 g/mol. The smallest absolute Gasteiger partial charge is 0.245 e. The first kappa shape index (κ1) is 28.4. The molecule has 1 aromatic carbocycles. The second kappa shape index (κ2) is 13.3. The molecular formula is C27H42N4O4. The van der Waals surface area contributed by atoms with Gasteiger partial charge in [0.25, 0.3) is 0 Å². The molecule has 2 amide bonds. The Morgan fingerprint density at radius 2 is 1.83 bits per heavy atom. The van der Waals surface area contributed by atoms with Gasteiger partial charge in [-0.1, -0.05) is 47.5 Å². The molecule has 0 saturated carbocycles. The summed E-state index contributed by atoms with van der Waals surface area (Å²) in [7, 11) is 3.22. The number of rotatable bonds is 13. The first-order valence-corrected chi connectivity index (χ1v) is 12.5. The molecule has 1 N–H and O–H groups in total. The second-order valence-corrected chi connectivity index (χ2v) is 9.82. The van der Waals surface area contributed by atoms with Gasteiger partial charge >= 0.3 is 0 Å². The van der Waals surface area contributed by atoms with Crippen molar-refractivity contribution in [2.75, 3.05) is 39.2 Å². The Balaban J connectivity index is 2.27. The zero-order valence-electron chi connectivity index (χ0n) is 22.4. The normalized spacial score (nSPS) is 12.3. The van der Waals surface area contributed by atoms with Gasteiger partial charge in [-0.15, -0.1) is 0 Å². The first-order valence-electron chi connectivity index (χ1n) is 12.5. The number of anilines is 1. The Hall–Kier alpha value is -2.87. The standard InChI is InChI=1S/C27H42N4O4/c1-8-10-11-20(9-2)26(33)30(16-17-34-6)19-25(32)28-24-18-23(27(3,4)5)29-31(24)21-12-14-22(35-7)15-13-21/h12-15,18,20H,8-11,16-17,19H2,1-7H3,(H,28,32). The maximum Gasteiger partial charge on any atom is 0.245 e. The summed E-state index contributed by atoms with van der Waals surface area (Å²) < 4.78 is 12.2. The summed E-state index contributed by atoms with van der Waals surface area (Å²) in [4.78, 5) is 28.0. The zero-order valence-corrected chi connectivity index (χ0v) is 22.4. The van der Waals surface area contributed by atoms with E-state index in [1.165, 1.54) is 0 Å². The summed E-state index contributed by atoms with van der Waals surface area (Å²) in [5.41, 5.74) is 1.45. The monoisotopic (exact) mass is 486 g/mol. The molecule has 8 nitrogen and oxygen atoms in total. The average Bonchev–Trinajstić information content (AvgIpc) is 3.26. The zero-order chi connectivity index (χ0) is 26.0. The fourth-order valence-corrected chi connectivity index (χ4v) is 3.79. The van der Waals surface area contributed by atoms with Gasteiger partial charge in [0.15, 0.2) is 0 Å². The van der Waals surface area contributed by atoms with E-state index in [1.54, 1.807) is 23.8 Å². The molecule has 8 heteroatoms. The minimum absolute atomic E-state index is 0.00666. The predicted octanol–water partition coefficient (Wildman–Crippen LogP) is 4.81. The van der Waals surface area contributed by atoms with Crippen molar-refractivity contribution < 1.29 is 19.1 Å². The molecule has 0 fully saturated rings. The number of hydrogen-bond donors (Lipinski definition) is 1. The van der Waals surface area contributed by atoms with E-state index in [4.69, 9.17) is 14.6 Å². The lowest BCUT2D eigenvalue weighted by Gasteiger charge is -2.26. The van der Waals surface area contributed by atoms with Gasteiger partial charge in [-0.05, 0) is 37.1 Å². The minimum Gasteiger partial charge on any atom is -0.497 e. The molecule has 0 bridgehead atoms. The molecule has 35 heavy (non-hydrogen) atoms. The number of ether oxygens (including phenoxy) is 2. The van der Waals surface area contributed by atoms with Crippen molar-refractivity contribution in [1.82, 2.24) is 14.7 Å². The molecule has 2 aromatic rings. The Labute approximate surface area is 210 Å². The molecule has 1 aromatic heterocycles. The number of methoxy groups -OCH3 is 2. The third-order valence-corrected chi connectivity index (χ3v) is 6.02. The Kier molecular flexibility index (Phi) is 10.8. The van der Waals surface area contributed by atoms with Gasteiger partial charge in [0.05, 0.1) is 31.6 Å². The number of amides is 2. The van der Waals surface area contributed by atoms with Gasteiger partial charge in [-0.25, -0.2) is 4.68 Å². The number of benzene rings is 1. The number of aromatic nitrogens is 2. The molecule has 1 unspecified atom stereocenters. The quantitative estimate of drug-likeness (QED) is 0.439. The summed E-state index contributed by atoms with van der Waals surface area (Å²) >= 11 is 0. The lowest BCUT2D eigenvalue weighted by atomic mass is 9.92. The van der Waals surface area contributed by atoms with Crippen molar-refractivity contribution in [2.45, 2.75) is 65.7 Å². The van der Waals surface area contributed by atoms with E-state index in [-0.39, 0.29) is 29.7 Å². The molecule has 0 aliphatic rings. The Morgan fingerprint density at radius 1 is 1.14 bits per heavy atom. The van der Waals surface area contributed by atoms with E-state index in [0.29, 0.717) is 19.0 Å². The number of nitrogens with one attached hydrogen (secondary N) is 1. The van der Waals surface area contributed by atoms with E-state index >= 15 is 0 Å². The SMILES string of the molecule is CCCCC(CC)C(=O)N(CCOC)CC(=O)Nc1cc(C(C)(C)C)nn1-c1ccc(OC)cc1. The van der Waals surface area contributed by atoms with Crippen LogP contribution in [-0.2, 0) is 19.7 Å². The van der Waals surface area contributed by atoms with Crippen LogP contribution in [0, 0.1) is 5.92 Å². The van der Waals surface area contributed by atoms with Crippen LogP contribution in [-0.4, -0.2) is 60.4 Å². The molecule has 0 radical (unpaired) electrons. The van der Waals surface area contributed by atoms with E-state index in [0.717, 1.165) is 42.8 Å². The van der Waals surface area contributed by atoms with Crippen LogP contribution >= 0.6 is 0 Å². The van der Waals surface area contributed by atoms with Crippen LogP contribution in [0.1, 0.15) is 66.0 Å². The fourth-order valence-electron chi connectivity index (χ4n) is 3.79. The van der Waals surface area contributed by atoms with Gasteiger partial charge in [0, 0.05) is 31.1 Å². The van der Waals surface area contributed by atoms with Crippen LogP contribution in [0.2, 0.25) is 0 Å². The largest absolute Gasteiger partial charge is 0.497 e. The number of carbonyl (C=O) groups excluding carboxylic acids is 2. The number of nitrogens with zero attached hydrogens (tertiary/aromatic N) is 3. The molecule has 194 valence electrons. The third-order valence-electron chi connectivity index (χ3n) is 6.02. The molecule has 0 aliphatic heterocycles. The maximum atomic E-state index is 13.2. The average molecular weight is 487 g/mol. The van der Waals surface area contributed by atoms with Crippen LogP contribution in [0.3, 0.4) is 0 Å². The molecule has 0 aliphatic carbocycles. The van der Waals surface area contributed by atoms with Gasteiger partial charge in [-0.3, -0.25) is 9.59 Å². The lowest BCUT2D eigenvalue weighted by Crippen LogP contribution is -2.43. The van der Waals surface area contributed by atoms with Crippen molar-refractivity contribution in [3.8, 4) is 11.4 Å². The molecule has 1 heterocycles. The van der Waals surface area contributed by atoms with Crippen molar-refractivity contribution >= 4 is 17.6 Å². The highest BCUT2D eigenvalue weighted by Gasteiger charge is 2.26. The van der Waals surface area contributed by atoms with Gasteiger partial charge in [0.2, 0.25) is 11.8 Å². The minimum atomic E-state index is -0.269. The molecule has 2 rings (SSSR count). The van der Waals surface area contributed by atoms with E-state index in [9.17, 15) is 9.59 Å². The highest BCUT2D eigenvalue weighted by Crippen LogP contribution is 2.27. The fraction of sp³-hybridized carbons (Fsp3) is 0.593. The molecule has 1 atom stereocenters. The van der Waals surface area contributed by atoms with Crippen LogP contribution in [0.5, 0.6) is 5.75 Å². The van der Waals surface area contributed by atoms with Crippen LogP contribution in [0.15, 0.2) is 30.3 Å². The van der Waals surface area contributed by atoms with Gasteiger partial charge in [-0.2, -0.15) is 5.10 Å². The predicted molar refractivity (Wildman–Crippen MR) is 139 cm³/mol. The third kappa shape index (κ3) is 8.09. The van der Waals surface area contributed by atoms with Crippen LogP contribution < -0.4 is 10.1 Å². The highest BCUT2D eigenvalue weighted by molar-refractivity contribution is 5.94. The summed E-state index contributed by atoms with van der Waals surface area (Å²) in [6.45, 7) is 11.1. The number of unbranched alkanes of at least 4 members (excludes halogenated alkanes) is 1. The van der Waals surface area contributed by atoms with Crippen molar-refractivity contribution in [3.63, 3.8) is 0 Å². The Morgan fingerprint density at radius 3 is 2.37 bits per heavy atom. The van der Waals surface area contributed by atoms with Crippen LogP contribution in [0.4, 0.5) is 5.82 Å². The number of carbonyl (C=O) groups is 2. The van der Waals surface area contributed by atoms with Crippen molar-refractivity contribution in [2.24, 2.45) is 5.92 Å². The highest BCUT2D eigenvalue weighted by atomic mass is 16.5. The topological polar surface area (TPSA) is 85.7 Å². The summed E-state index contributed by atoms with van der Waals surface area (Å²) in [5.74, 6) is 0.949. The summed E-state index contributed by atoms with van der Waals surface area (Å²) in [6.07, 6.45) is 3.61. The van der Waals surface area contributed by atoms with Crippen molar-refractivity contribution in [1.29, 1.82) is 0 Å². The molecule has 0 saturated heterocycles. The van der Waals surface area contributed by atoms with E-state index in [1.807, 2.05) is 37.3 Å². The van der Waals surface area contributed by atoms with E-state index < -0.39 is 0 Å². The summed E-state index contributed by atoms with van der Waals surface area (Å²) in [5, 5.41) is 7.75. The first-order chi connectivity index (χ1) is 16.6. The van der Waals surface area contributed by atoms with Gasteiger partial charge in [0.1, 0.15) is 11.6 Å². The second-order valence-electron chi connectivity index (χ2n) is 9.82. The lowest BCUT2D eigenvalue weighted by molar-refractivity contribution is -0.139. The summed E-state index contributed by atoms with van der Waals surface area (Å²) in [6, 6.07) is 9.38. The maximum absolute atomic E-state index is 13.2. The molecule has 0 spiro atoms. The number of hydrogen-bond acceptors (Lipinski definition) is 5. The van der Waals surface area contributed by atoms with E-state index in [2.05, 4.69) is 33.0 Å². The van der Waals surface area contributed by atoms with Gasteiger partial charge < -0.3 is 19.7 Å².